The summed E-state index contributed by atoms with van der Waals surface area (Å²) in [5.41, 5.74) is -2.45. The number of carbonyl (C=O) groups excluding carboxylic acids is 1. The Balaban J connectivity index is 1.97. The van der Waals surface area contributed by atoms with E-state index in [9.17, 15) is 31.1 Å². The maximum atomic E-state index is 13.5. The van der Waals surface area contributed by atoms with E-state index in [1.54, 1.807) is 19.2 Å². The number of aliphatic imine (C=N–C) groups is 2. The van der Waals surface area contributed by atoms with Crippen LogP contribution in [-0.2, 0) is 16.4 Å². The van der Waals surface area contributed by atoms with Gasteiger partial charge in [-0.3, -0.25) is 14.8 Å². The molecule has 0 bridgehead atoms. The smallest absolute Gasteiger partial charge is 0.310 e. The van der Waals surface area contributed by atoms with Gasteiger partial charge in [0.15, 0.2) is 0 Å². The van der Waals surface area contributed by atoms with Crippen molar-refractivity contribution in [3.8, 4) is 0 Å². The van der Waals surface area contributed by atoms with Crippen LogP contribution < -0.4 is 5.32 Å². The minimum atomic E-state index is -4.68. The van der Waals surface area contributed by atoms with Crippen molar-refractivity contribution >= 4 is 17.5 Å². The van der Waals surface area contributed by atoms with Crippen molar-refractivity contribution in [1.29, 1.82) is 0 Å². The minimum absolute atomic E-state index is 0.0437. The van der Waals surface area contributed by atoms with Crippen molar-refractivity contribution in [2.45, 2.75) is 56.9 Å². The number of amidine groups is 1. The highest BCUT2D eigenvalue weighted by atomic mass is 19.4. The van der Waals surface area contributed by atoms with Gasteiger partial charge >= 0.3 is 12.4 Å². The number of rotatable bonds is 1. The van der Waals surface area contributed by atoms with Gasteiger partial charge < -0.3 is 5.32 Å². The summed E-state index contributed by atoms with van der Waals surface area (Å²) in [7, 11) is 0. The minimum Gasteiger partial charge on any atom is -0.310 e. The Hall–Kier alpha value is -2.65. The van der Waals surface area contributed by atoms with E-state index in [1.165, 1.54) is 0 Å². The summed E-state index contributed by atoms with van der Waals surface area (Å²) in [6.07, 6.45) is -5.02. The Morgan fingerprint density at radius 1 is 1.19 bits per heavy atom. The molecule has 1 fully saturated rings. The monoisotopic (exact) mass is 443 g/mol. The summed E-state index contributed by atoms with van der Waals surface area (Å²) in [5, 5.41) is 2.48. The SMILES string of the molecule is C[C@@H](N=C1NC(=O)[C@]2(CCC3=NC=CCC32C)c2cc(C(F)(F)F)ccc21)C(F)(F)F. The third kappa shape index (κ3) is 3.10. The summed E-state index contributed by atoms with van der Waals surface area (Å²) >= 11 is 0. The van der Waals surface area contributed by atoms with E-state index in [2.05, 4.69) is 15.3 Å². The van der Waals surface area contributed by atoms with E-state index in [0.29, 0.717) is 18.6 Å². The molecule has 0 saturated heterocycles. The second-order valence-electron chi connectivity index (χ2n) is 8.31. The summed E-state index contributed by atoms with van der Waals surface area (Å²) < 4.78 is 79.8. The average Bonchev–Trinajstić information content (AvgIpc) is 2.98. The fourth-order valence-corrected chi connectivity index (χ4v) is 4.88. The number of alkyl halides is 6. The quantitative estimate of drug-likeness (QED) is 0.615. The first-order valence-electron chi connectivity index (χ1n) is 9.71. The maximum Gasteiger partial charge on any atom is 0.416 e. The van der Waals surface area contributed by atoms with Gasteiger partial charge in [-0.25, -0.2) is 0 Å². The topological polar surface area (TPSA) is 53.8 Å². The molecule has 10 heteroatoms. The van der Waals surface area contributed by atoms with Crippen molar-refractivity contribution < 1.29 is 31.1 Å². The number of nitrogens with zero attached hydrogens (tertiary/aromatic N) is 2. The summed E-state index contributed by atoms with van der Waals surface area (Å²) in [6.45, 7) is 2.59. The van der Waals surface area contributed by atoms with Gasteiger partial charge in [-0.05, 0) is 43.9 Å². The molecule has 166 valence electrons. The maximum absolute atomic E-state index is 13.5. The number of hydrogen-bond donors (Lipinski definition) is 1. The van der Waals surface area contributed by atoms with Gasteiger partial charge in [0, 0.05) is 22.9 Å². The Morgan fingerprint density at radius 3 is 2.55 bits per heavy atom. The predicted octanol–water partition coefficient (Wildman–Crippen LogP) is 4.93. The van der Waals surface area contributed by atoms with Crippen LogP contribution in [0.2, 0.25) is 0 Å². The number of carbonyl (C=O) groups is 1. The van der Waals surface area contributed by atoms with Crippen LogP contribution in [0.5, 0.6) is 0 Å². The molecule has 31 heavy (non-hydrogen) atoms. The first-order valence-corrected chi connectivity index (χ1v) is 9.71. The highest BCUT2D eigenvalue weighted by molar-refractivity contribution is 6.19. The lowest BCUT2D eigenvalue weighted by Gasteiger charge is -2.46. The molecular formula is C21H19F6N3O. The van der Waals surface area contributed by atoms with Gasteiger partial charge in [-0.1, -0.05) is 19.1 Å². The van der Waals surface area contributed by atoms with E-state index >= 15 is 0 Å². The molecule has 1 saturated carbocycles. The Kier molecular flexibility index (Phi) is 4.64. The lowest BCUT2D eigenvalue weighted by atomic mass is 9.58. The molecule has 3 aliphatic rings. The number of fused-ring (bicyclic) bond motifs is 4. The van der Waals surface area contributed by atoms with Crippen molar-refractivity contribution in [3.05, 3.63) is 47.2 Å². The van der Waals surface area contributed by atoms with E-state index in [1.807, 2.05) is 0 Å². The molecule has 0 aromatic heterocycles. The average molecular weight is 443 g/mol. The van der Waals surface area contributed by atoms with E-state index in [0.717, 1.165) is 25.1 Å². The molecule has 4 rings (SSSR count). The zero-order valence-corrected chi connectivity index (χ0v) is 16.7. The molecule has 1 aliphatic carbocycles. The normalized spacial score (nSPS) is 30.1. The molecule has 1 aromatic carbocycles. The molecule has 1 spiro atoms. The van der Waals surface area contributed by atoms with Crippen LogP contribution in [0.25, 0.3) is 0 Å². The fraction of sp³-hybridized carbons (Fsp3) is 0.476. The van der Waals surface area contributed by atoms with E-state index in [-0.39, 0.29) is 23.4 Å². The van der Waals surface area contributed by atoms with Crippen LogP contribution in [-0.4, -0.2) is 29.7 Å². The summed E-state index contributed by atoms with van der Waals surface area (Å²) in [4.78, 5) is 21.4. The lowest BCUT2D eigenvalue weighted by Crippen LogP contribution is -2.59. The molecule has 1 unspecified atom stereocenters. The summed E-state index contributed by atoms with van der Waals surface area (Å²) in [5.74, 6) is -1.03. The fourth-order valence-electron chi connectivity index (χ4n) is 4.88. The molecule has 3 atom stereocenters. The van der Waals surface area contributed by atoms with Crippen molar-refractivity contribution in [2.24, 2.45) is 15.4 Å². The van der Waals surface area contributed by atoms with Crippen LogP contribution in [0.3, 0.4) is 0 Å². The van der Waals surface area contributed by atoms with Crippen molar-refractivity contribution in [3.63, 3.8) is 0 Å². The van der Waals surface area contributed by atoms with Gasteiger partial charge in [0.1, 0.15) is 11.9 Å². The second-order valence-corrected chi connectivity index (χ2v) is 8.31. The number of hydrogen-bond acceptors (Lipinski definition) is 3. The van der Waals surface area contributed by atoms with Crippen molar-refractivity contribution in [2.75, 3.05) is 0 Å². The van der Waals surface area contributed by atoms with Crippen LogP contribution in [0.4, 0.5) is 26.3 Å². The third-order valence-corrected chi connectivity index (χ3v) is 6.66. The molecule has 2 aliphatic heterocycles. The van der Waals surface area contributed by atoms with Crippen molar-refractivity contribution in [1.82, 2.24) is 5.32 Å². The number of allylic oxidation sites excluding steroid dienone is 1. The molecule has 1 N–H and O–H groups in total. The molecule has 2 heterocycles. The van der Waals surface area contributed by atoms with E-state index in [4.69, 9.17) is 0 Å². The predicted molar refractivity (Wildman–Crippen MR) is 102 cm³/mol. The zero-order valence-electron chi connectivity index (χ0n) is 16.7. The molecule has 1 aromatic rings. The van der Waals surface area contributed by atoms with Crippen LogP contribution in [0.1, 0.15) is 49.8 Å². The number of benzene rings is 1. The number of nitrogens with one attached hydrogen (secondary N) is 1. The Labute approximate surface area is 174 Å². The highest BCUT2D eigenvalue weighted by Crippen LogP contribution is 2.58. The van der Waals surface area contributed by atoms with Gasteiger partial charge in [0.05, 0.1) is 11.0 Å². The van der Waals surface area contributed by atoms with Crippen LogP contribution in [0, 0.1) is 5.41 Å². The second kappa shape index (κ2) is 6.67. The van der Waals surface area contributed by atoms with Gasteiger partial charge in [-0.2, -0.15) is 26.3 Å². The third-order valence-electron chi connectivity index (χ3n) is 6.66. The first-order chi connectivity index (χ1) is 14.3. The standard InChI is InChI=1S/C21H19F6N3O/c1-11(20(22,23)24)29-16-13-5-4-12(21(25,26)27)10-14(13)19(17(31)30-16)8-6-15-18(19,2)7-3-9-28-15/h3-5,9-11H,6-8H2,1-2H3,(H,29,30,31)/t11-,18?,19+/m1/s1. The number of halogens is 6. The lowest BCUT2D eigenvalue weighted by molar-refractivity contribution is -0.143. The molecular weight excluding hydrogens is 424 g/mol. The van der Waals surface area contributed by atoms with Gasteiger partial charge in [0.25, 0.3) is 0 Å². The van der Waals surface area contributed by atoms with Crippen LogP contribution >= 0.6 is 0 Å². The first kappa shape index (κ1) is 21.6. The Morgan fingerprint density at radius 2 is 1.90 bits per heavy atom. The Bertz CT molecular complexity index is 1040. The number of amides is 1. The molecule has 4 nitrogen and oxygen atoms in total. The van der Waals surface area contributed by atoms with Gasteiger partial charge in [0.2, 0.25) is 5.91 Å². The molecule has 1 amide bonds. The zero-order chi connectivity index (χ0) is 22.8. The largest absolute Gasteiger partial charge is 0.416 e. The highest BCUT2D eigenvalue weighted by Gasteiger charge is 2.63. The van der Waals surface area contributed by atoms with Gasteiger partial charge in [-0.15, -0.1) is 0 Å². The van der Waals surface area contributed by atoms with Crippen LogP contribution in [0.15, 0.2) is 40.5 Å². The molecule has 0 radical (unpaired) electrons. The summed E-state index contributed by atoms with van der Waals surface area (Å²) in [6, 6.07) is 0.637. The van der Waals surface area contributed by atoms with E-state index < -0.39 is 40.7 Å².